The van der Waals surface area contributed by atoms with Crippen molar-refractivity contribution in [3.63, 3.8) is 0 Å². The van der Waals surface area contributed by atoms with E-state index in [-0.39, 0.29) is 13.1 Å². The van der Waals surface area contributed by atoms with Gasteiger partial charge < -0.3 is 30.0 Å². The Bertz CT molecular complexity index is 1290. The third kappa shape index (κ3) is 12.9. The number of carboxylic acids is 2. The van der Waals surface area contributed by atoms with E-state index >= 15 is 0 Å². The van der Waals surface area contributed by atoms with Gasteiger partial charge in [0, 0.05) is 42.7 Å². The van der Waals surface area contributed by atoms with Crippen molar-refractivity contribution in [3.05, 3.63) is 60.7 Å². The SMILES string of the molecule is O=C(O)Cn1ccnc1CN(CCCCCCCCNC(=S)Nc1ccc(NS(=O)O)cc1)Cc1nccn1CC(=O)O. The van der Waals surface area contributed by atoms with Crippen molar-refractivity contribution in [1.82, 2.24) is 29.3 Å². The summed E-state index contributed by atoms with van der Waals surface area (Å²) in [5.74, 6) is -0.628. The highest BCUT2D eigenvalue weighted by Crippen LogP contribution is 2.14. The highest BCUT2D eigenvalue weighted by atomic mass is 32.2. The van der Waals surface area contributed by atoms with E-state index in [4.69, 9.17) is 16.8 Å². The molecule has 234 valence electrons. The van der Waals surface area contributed by atoms with Crippen molar-refractivity contribution < 1.29 is 28.6 Å². The Morgan fingerprint density at radius 1 is 0.837 bits per heavy atom. The van der Waals surface area contributed by atoms with Crippen LogP contribution in [0.4, 0.5) is 11.4 Å². The number of aliphatic carboxylic acids is 2. The minimum Gasteiger partial charge on any atom is -0.480 e. The number of anilines is 2. The molecule has 43 heavy (non-hydrogen) atoms. The second-order valence-electron chi connectivity index (χ2n) is 9.87. The van der Waals surface area contributed by atoms with Crippen molar-refractivity contribution in [2.24, 2.45) is 0 Å². The van der Waals surface area contributed by atoms with Gasteiger partial charge in [0.25, 0.3) is 11.3 Å². The summed E-state index contributed by atoms with van der Waals surface area (Å²) >= 11 is 3.22. The van der Waals surface area contributed by atoms with Crippen LogP contribution in [0.15, 0.2) is 49.1 Å². The highest BCUT2D eigenvalue weighted by Gasteiger charge is 2.16. The number of carbonyl (C=O) groups is 2. The van der Waals surface area contributed by atoms with Crippen molar-refractivity contribution >= 4 is 51.9 Å². The van der Waals surface area contributed by atoms with Gasteiger partial charge in [-0.3, -0.25) is 23.8 Å². The first kappa shape index (κ1) is 33.6. The molecule has 6 N–H and O–H groups in total. The fraction of sp³-hybridized carbons (Fsp3) is 0.444. The number of nitrogens with one attached hydrogen (secondary N) is 3. The lowest BCUT2D eigenvalue weighted by Gasteiger charge is -2.22. The number of carboxylic acid groups (broad SMARTS) is 2. The van der Waals surface area contributed by atoms with E-state index in [1.807, 2.05) is 0 Å². The van der Waals surface area contributed by atoms with Crippen LogP contribution in [0.1, 0.15) is 50.2 Å². The molecule has 2 heterocycles. The van der Waals surface area contributed by atoms with Crippen LogP contribution in [-0.2, 0) is 47.0 Å². The number of rotatable bonds is 20. The maximum absolute atomic E-state index is 11.2. The molecule has 0 amide bonds. The quantitative estimate of drug-likeness (QED) is 0.0607. The minimum absolute atomic E-state index is 0.174. The molecule has 0 bridgehead atoms. The summed E-state index contributed by atoms with van der Waals surface area (Å²) in [7, 11) is 0. The van der Waals surface area contributed by atoms with E-state index in [2.05, 4.69) is 30.2 Å². The molecule has 0 aliphatic heterocycles. The van der Waals surface area contributed by atoms with Crippen molar-refractivity contribution in [1.29, 1.82) is 0 Å². The summed E-state index contributed by atoms with van der Waals surface area (Å²) in [5, 5.41) is 25.2. The van der Waals surface area contributed by atoms with Gasteiger partial charge in [0.15, 0.2) is 5.11 Å². The Labute approximate surface area is 257 Å². The Morgan fingerprint density at radius 2 is 1.35 bits per heavy atom. The van der Waals surface area contributed by atoms with Gasteiger partial charge in [-0.15, -0.1) is 0 Å². The van der Waals surface area contributed by atoms with Crippen LogP contribution in [0.25, 0.3) is 0 Å². The zero-order valence-corrected chi connectivity index (χ0v) is 25.4. The number of unbranched alkanes of at least 4 members (excludes halogenated alkanes) is 5. The van der Waals surface area contributed by atoms with E-state index in [0.29, 0.717) is 35.5 Å². The zero-order chi connectivity index (χ0) is 31.0. The van der Waals surface area contributed by atoms with Gasteiger partial charge in [0.2, 0.25) is 0 Å². The van der Waals surface area contributed by atoms with E-state index in [1.54, 1.807) is 58.2 Å². The van der Waals surface area contributed by atoms with Gasteiger partial charge in [-0.25, -0.2) is 14.2 Å². The van der Waals surface area contributed by atoms with Gasteiger partial charge in [-0.2, -0.15) is 0 Å². The summed E-state index contributed by atoms with van der Waals surface area (Å²) in [5.41, 5.74) is 1.31. The number of hydrogen-bond donors (Lipinski definition) is 6. The number of imidazole rings is 2. The first-order valence-corrected chi connectivity index (χ1v) is 15.4. The monoisotopic (exact) mass is 634 g/mol. The fourth-order valence-electron chi connectivity index (χ4n) is 4.44. The topological polar surface area (TPSA) is 187 Å². The molecule has 0 aliphatic carbocycles. The van der Waals surface area contributed by atoms with Crippen LogP contribution in [0, 0.1) is 0 Å². The number of aromatic nitrogens is 4. The largest absolute Gasteiger partial charge is 0.480 e. The molecule has 0 radical (unpaired) electrons. The molecular formula is C27H38N8O6S2. The molecule has 0 aliphatic rings. The van der Waals surface area contributed by atoms with Crippen LogP contribution in [0.2, 0.25) is 0 Å². The van der Waals surface area contributed by atoms with Crippen molar-refractivity contribution in [2.45, 2.75) is 64.7 Å². The van der Waals surface area contributed by atoms with Crippen molar-refractivity contribution in [2.75, 3.05) is 23.1 Å². The Morgan fingerprint density at radius 3 is 1.88 bits per heavy atom. The van der Waals surface area contributed by atoms with Crippen LogP contribution in [0.5, 0.6) is 0 Å². The Hall–Kier alpha value is -3.86. The average Bonchev–Trinajstić information content (AvgIpc) is 3.56. The molecule has 0 fully saturated rings. The first-order chi connectivity index (χ1) is 20.7. The van der Waals surface area contributed by atoms with Gasteiger partial charge in [-0.05, 0) is 55.9 Å². The number of hydrogen-bond acceptors (Lipinski definition) is 7. The fourth-order valence-corrected chi connectivity index (χ4v) is 5.00. The molecule has 14 nitrogen and oxygen atoms in total. The van der Waals surface area contributed by atoms with Crippen LogP contribution < -0.4 is 15.4 Å². The highest BCUT2D eigenvalue weighted by molar-refractivity contribution is 7.80. The lowest BCUT2D eigenvalue weighted by Crippen LogP contribution is -2.29. The number of nitrogens with zero attached hydrogens (tertiary/aromatic N) is 5. The lowest BCUT2D eigenvalue weighted by atomic mass is 10.1. The molecular weight excluding hydrogens is 596 g/mol. The molecule has 16 heteroatoms. The number of thiocarbonyl (C=S) groups is 1. The second-order valence-corrected chi connectivity index (χ2v) is 11.0. The van der Waals surface area contributed by atoms with Crippen LogP contribution in [0.3, 0.4) is 0 Å². The summed E-state index contributed by atoms with van der Waals surface area (Å²) in [4.78, 5) is 33.3. The third-order valence-electron chi connectivity index (χ3n) is 6.48. The van der Waals surface area contributed by atoms with E-state index in [1.165, 1.54) is 0 Å². The number of benzene rings is 1. The Kier molecular flexibility index (Phi) is 14.0. The van der Waals surface area contributed by atoms with E-state index < -0.39 is 23.2 Å². The minimum atomic E-state index is -2.11. The molecule has 0 saturated heterocycles. The summed E-state index contributed by atoms with van der Waals surface area (Å²) < 4.78 is 25.3. The summed E-state index contributed by atoms with van der Waals surface area (Å²) in [6.45, 7) is 1.97. The normalized spacial score (nSPS) is 11.8. The van der Waals surface area contributed by atoms with E-state index in [0.717, 1.165) is 57.3 Å². The van der Waals surface area contributed by atoms with Crippen LogP contribution >= 0.6 is 12.2 Å². The third-order valence-corrected chi connectivity index (χ3v) is 7.14. The van der Waals surface area contributed by atoms with Crippen molar-refractivity contribution in [3.8, 4) is 0 Å². The average molecular weight is 635 g/mol. The molecule has 0 spiro atoms. The smallest absolute Gasteiger partial charge is 0.323 e. The van der Waals surface area contributed by atoms with Gasteiger partial charge >= 0.3 is 11.9 Å². The van der Waals surface area contributed by atoms with Crippen LogP contribution in [-0.4, -0.2) is 73.1 Å². The lowest BCUT2D eigenvalue weighted by molar-refractivity contribution is -0.138. The molecule has 2 aromatic heterocycles. The van der Waals surface area contributed by atoms with Gasteiger partial charge in [0.05, 0.1) is 13.1 Å². The predicted octanol–water partition coefficient (Wildman–Crippen LogP) is 3.13. The molecule has 1 atom stereocenters. The molecule has 1 aromatic carbocycles. The van der Waals surface area contributed by atoms with Gasteiger partial charge in [0.1, 0.15) is 24.7 Å². The first-order valence-electron chi connectivity index (χ1n) is 13.9. The Balaban J connectivity index is 1.36. The molecule has 3 aromatic rings. The predicted molar refractivity (Wildman–Crippen MR) is 167 cm³/mol. The summed E-state index contributed by atoms with van der Waals surface area (Å²) in [6.07, 6.45) is 12.6. The summed E-state index contributed by atoms with van der Waals surface area (Å²) in [6, 6.07) is 6.89. The molecule has 3 rings (SSSR count). The molecule has 0 saturated carbocycles. The maximum atomic E-state index is 11.2. The standard InChI is InChI=1S/C27H38N8O6S2/c36-25(37)19-34-15-12-28-23(34)17-33(18-24-29-13-16-35(24)20-26(38)39)14-6-4-2-1-3-5-11-30-27(42)31-21-7-9-22(10-8-21)32-43(40)41/h7-10,12-13,15-16,32H,1-6,11,14,17-20H2,(H,36,37)(H,38,39)(H,40,41)(H2,30,31,42). The maximum Gasteiger partial charge on any atom is 0.323 e. The second kappa shape index (κ2) is 17.9. The molecule has 1 unspecified atom stereocenters. The van der Waals surface area contributed by atoms with E-state index in [9.17, 15) is 24.0 Å². The van der Waals surface area contributed by atoms with Gasteiger partial charge in [-0.1, -0.05) is 25.7 Å². The zero-order valence-electron chi connectivity index (χ0n) is 23.7.